The lowest BCUT2D eigenvalue weighted by atomic mass is 10.2. The van der Waals surface area contributed by atoms with Crippen molar-refractivity contribution in [3.05, 3.63) is 52.7 Å². The predicted molar refractivity (Wildman–Crippen MR) is 101 cm³/mol. The monoisotopic (exact) mass is 374 g/mol. The summed E-state index contributed by atoms with van der Waals surface area (Å²) >= 11 is 5.98. The van der Waals surface area contributed by atoms with Crippen LogP contribution in [0.1, 0.15) is 36.8 Å². The number of aromatic nitrogens is 1. The normalized spacial score (nSPS) is 14.2. The molecule has 1 amide bonds. The number of halogens is 1. The molecule has 0 aliphatic heterocycles. The van der Waals surface area contributed by atoms with Gasteiger partial charge in [0, 0.05) is 23.3 Å². The van der Waals surface area contributed by atoms with Gasteiger partial charge in [-0.3, -0.25) is 4.79 Å². The summed E-state index contributed by atoms with van der Waals surface area (Å²) in [6.45, 7) is 2.20. The van der Waals surface area contributed by atoms with Gasteiger partial charge in [0.1, 0.15) is 11.9 Å². The van der Waals surface area contributed by atoms with E-state index in [-0.39, 0.29) is 18.6 Å². The van der Waals surface area contributed by atoms with E-state index in [0.717, 1.165) is 24.0 Å². The van der Waals surface area contributed by atoms with Crippen LogP contribution in [0.3, 0.4) is 0 Å². The van der Waals surface area contributed by atoms with Crippen LogP contribution in [0.15, 0.2) is 36.5 Å². The van der Waals surface area contributed by atoms with E-state index in [1.165, 1.54) is 12.8 Å². The summed E-state index contributed by atoms with van der Waals surface area (Å²) in [6.07, 6.45) is 6.47. The number of carbonyl (C=O) groups is 1. The molecule has 2 aromatic rings. The van der Waals surface area contributed by atoms with E-state index < -0.39 is 0 Å². The fourth-order valence-electron chi connectivity index (χ4n) is 2.93. The fraction of sp³-hybridized carbons (Fsp3) is 0.400. The Bertz CT molecular complexity index is 760. The first-order chi connectivity index (χ1) is 12.6. The summed E-state index contributed by atoms with van der Waals surface area (Å²) in [5.74, 6) is 1.02. The molecule has 1 aromatic carbocycles. The van der Waals surface area contributed by atoms with Gasteiger partial charge >= 0.3 is 0 Å². The third kappa shape index (κ3) is 5.11. The van der Waals surface area contributed by atoms with Gasteiger partial charge in [-0.15, -0.1) is 0 Å². The van der Waals surface area contributed by atoms with Gasteiger partial charge < -0.3 is 14.8 Å². The standard InChI is InChI=1S/C20H23ClN2O3/c1-14-11-17(8-9-18(14)21)25-13-19(24)23-12-15-5-4-10-22-20(15)26-16-6-2-3-7-16/h4-5,8-11,16H,2-3,6-7,12-13H2,1H3,(H,23,24). The zero-order chi connectivity index (χ0) is 18.4. The molecule has 1 aliphatic rings. The lowest BCUT2D eigenvalue weighted by Crippen LogP contribution is -2.29. The number of benzene rings is 1. The van der Waals surface area contributed by atoms with Gasteiger partial charge in [0.15, 0.2) is 6.61 Å². The minimum Gasteiger partial charge on any atom is -0.484 e. The number of rotatable bonds is 7. The highest BCUT2D eigenvalue weighted by molar-refractivity contribution is 6.31. The van der Waals surface area contributed by atoms with Gasteiger partial charge in [-0.1, -0.05) is 17.7 Å². The number of pyridine rings is 1. The minimum atomic E-state index is -0.201. The van der Waals surface area contributed by atoms with Crippen LogP contribution in [-0.2, 0) is 11.3 Å². The highest BCUT2D eigenvalue weighted by Gasteiger charge is 2.18. The van der Waals surface area contributed by atoms with E-state index in [2.05, 4.69) is 10.3 Å². The molecule has 1 aliphatic carbocycles. The van der Waals surface area contributed by atoms with Crippen LogP contribution in [0, 0.1) is 6.92 Å². The number of nitrogens with one attached hydrogen (secondary N) is 1. The number of hydrogen-bond donors (Lipinski definition) is 1. The van der Waals surface area contributed by atoms with Gasteiger partial charge in [0.25, 0.3) is 5.91 Å². The van der Waals surface area contributed by atoms with Crippen LogP contribution in [-0.4, -0.2) is 23.6 Å². The summed E-state index contributed by atoms with van der Waals surface area (Å²) in [7, 11) is 0. The smallest absolute Gasteiger partial charge is 0.258 e. The first kappa shape index (κ1) is 18.5. The Hall–Kier alpha value is -2.27. The molecule has 1 fully saturated rings. The van der Waals surface area contributed by atoms with Gasteiger partial charge in [0.05, 0.1) is 0 Å². The molecule has 138 valence electrons. The third-order valence-electron chi connectivity index (χ3n) is 4.41. The van der Waals surface area contributed by atoms with E-state index in [4.69, 9.17) is 21.1 Å². The second-order valence-electron chi connectivity index (χ2n) is 6.47. The second-order valence-corrected chi connectivity index (χ2v) is 6.88. The van der Waals surface area contributed by atoms with Crippen molar-refractivity contribution < 1.29 is 14.3 Å². The molecule has 26 heavy (non-hydrogen) atoms. The van der Waals surface area contributed by atoms with Crippen LogP contribution >= 0.6 is 11.6 Å². The van der Waals surface area contributed by atoms with E-state index in [0.29, 0.717) is 23.2 Å². The van der Waals surface area contributed by atoms with E-state index in [9.17, 15) is 4.79 Å². The maximum atomic E-state index is 12.1. The zero-order valence-corrected chi connectivity index (χ0v) is 15.6. The summed E-state index contributed by atoms with van der Waals surface area (Å²) in [5.41, 5.74) is 1.78. The van der Waals surface area contributed by atoms with Crippen molar-refractivity contribution in [2.24, 2.45) is 0 Å². The van der Waals surface area contributed by atoms with Crippen molar-refractivity contribution in [1.82, 2.24) is 10.3 Å². The number of hydrogen-bond acceptors (Lipinski definition) is 4. The van der Waals surface area contributed by atoms with E-state index >= 15 is 0 Å². The summed E-state index contributed by atoms with van der Waals surface area (Å²) in [4.78, 5) is 16.4. The van der Waals surface area contributed by atoms with Crippen molar-refractivity contribution >= 4 is 17.5 Å². The first-order valence-electron chi connectivity index (χ1n) is 8.88. The first-order valence-corrected chi connectivity index (χ1v) is 9.26. The van der Waals surface area contributed by atoms with Gasteiger partial charge in [-0.2, -0.15) is 0 Å². The van der Waals surface area contributed by atoms with Gasteiger partial charge in [0.2, 0.25) is 5.88 Å². The van der Waals surface area contributed by atoms with Gasteiger partial charge in [-0.05, 0) is 62.4 Å². The minimum absolute atomic E-state index is 0.0554. The molecule has 1 saturated carbocycles. The molecule has 0 radical (unpaired) electrons. The predicted octanol–water partition coefficient (Wildman–Crippen LogP) is 4.06. The highest BCUT2D eigenvalue weighted by atomic mass is 35.5. The van der Waals surface area contributed by atoms with Crippen molar-refractivity contribution in [1.29, 1.82) is 0 Å². The third-order valence-corrected chi connectivity index (χ3v) is 4.83. The molecule has 0 bridgehead atoms. The van der Waals surface area contributed by atoms with Crippen LogP contribution < -0.4 is 14.8 Å². The number of amides is 1. The zero-order valence-electron chi connectivity index (χ0n) is 14.8. The molecule has 0 atom stereocenters. The number of aryl methyl sites for hydroxylation is 1. The van der Waals surface area contributed by atoms with E-state index in [1.54, 1.807) is 18.3 Å². The lowest BCUT2D eigenvalue weighted by Gasteiger charge is -2.15. The molecule has 1 N–H and O–H groups in total. The largest absolute Gasteiger partial charge is 0.484 e. The quantitative estimate of drug-likeness (QED) is 0.793. The average molecular weight is 375 g/mol. The van der Waals surface area contributed by atoms with Crippen LogP contribution in [0.2, 0.25) is 5.02 Å². The molecule has 3 rings (SSSR count). The molecule has 6 heteroatoms. The summed E-state index contributed by atoms with van der Waals surface area (Å²) in [5, 5.41) is 3.52. The lowest BCUT2D eigenvalue weighted by molar-refractivity contribution is -0.123. The maximum Gasteiger partial charge on any atom is 0.258 e. The molecular formula is C20H23ClN2O3. The Labute approximate surface area is 158 Å². The average Bonchev–Trinajstić information content (AvgIpc) is 3.15. The number of carbonyl (C=O) groups excluding carboxylic acids is 1. The molecule has 0 unspecified atom stereocenters. The van der Waals surface area contributed by atoms with Crippen molar-refractivity contribution in [2.75, 3.05) is 6.61 Å². The van der Waals surface area contributed by atoms with E-state index in [1.807, 2.05) is 25.1 Å². The Morgan fingerprint density at radius 1 is 1.31 bits per heavy atom. The molecule has 0 spiro atoms. The van der Waals surface area contributed by atoms with Crippen LogP contribution in [0.25, 0.3) is 0 Å². The molecule has 1 heterocycles. The van der Waals surface area contributed by atoms with Crippen LogP contribution in [0.5, 0.6) is 11.6 Å². The summed E-state index contributed by atoms with van der Waals surface area (Å²) in [6, 6.07) is 9.07. The SMILES string of the molecule is Cc1cc(OCC(=O)NCc2cccnc2OC2CCCC2)ccc1Cl. The van der Waals surface area contributed by atoms with Gasteiger partial charge in [-0.25, -0.2) is 4.98 Å². The highest BCUT2D eigenvalue weighted by Crippen LogP contribution is 2.25. The van der Waals surface area contributed by atoms with Crippen molar-refractivity contribution in [2.45, 2.75) is 45.3 Å². The number of nitrogens with zero attached hydrogens (tertiary/aromatic N) is 1. The number of ether oxygens (including phenoxy) is 2. The Morgan fingerprint density at radius 3 is 2.88 bits per heavy atom. The molecule has 0 saturated heterocycles. The topological polar surface area (TPSA) is 60.5 Å². The summed E-state index contributed by atoms with van der Waals surface area (Å²) < 4.78 is 11.5. The second kappa shape index (κ2) is 8.90. The fourth-order valence-corrected chi connectivity index (χ4v) is 3.05. The van der Waals surface area contributed by atoms with Crippen molar-refractivity contribution in [3.63, 3.8) is 0 Å². The molecule has 5 nitrogen and oxygen atoms in total. The van der Waals surface area contributed by atoms with Crippen LogP contribution in [0.4, 0.5) is 0 Å². The Kier molecular flexibility index (Phi) is 6.34. The Morgan fingerprint density at radius 2 is 2.12 bits per heavy atom. The molecular weight excluding hydrogens is 352 g/mol. The van der Waals surface area contributed by atoms with Crippen molar-refractivity contribution in [3.8, 4) is 11.6 Å². The Balaban J connectivity index is 1.50. The maximum absolute atomic E-state index is 12.1. The molecule has 1 aromatic heterocycles.